The Bertz CT molecular complexity index is 952. The molecule has 126 valence electrons. The highest BCUT2D eigenvalue weighted by molar-refractivity contribution is 6.30. The average molecular weight is 353 g/mol. The Morgan fingerprint density at radius 3 is 2.48 bits per heavy atom. The smallest absolute Gasteiger partial charge is 0.231 e. The second-order valence-electron chi connectivity index (χ2n) is 6.23. The molecule has 25 heavy (non-hydrogen) atoms. The number of benzene rings is 2. The third-order valence-corrected chi connectivity index (χ3v) is 4.33. The summed E-state index contributed by atoms with van der Waals surface area (Å²) in [7, 11) is 0. The summed E-state index contributed by atoms with van der Waals surface area (Å²) >= 11 is 5.98. The van der Waals surface area contributed by atoms with Gasteiger partial charge >= 0.3 is 0 Å². The Balaban J connectivity index is 1.81. The van der Waals surface area contributed by atoms with Crippen LogP contribution in [0.4, 0.5) is 11.8 Å². The van der Waals surface area contributed by atoms with Crippen LogP contribution in [-0.2, 0) is 4.79 Å². The van der Waals surface area contributed by atoms with E-state index in [2.05, 4.69) is 26.7 Å². The number of halogens is 1. The molecule has 0 spiro atoms. The lowest BCUT2D eigenvalue weighted by Gasteiger charge is -2.12. The van der Waals surface area contributed by atoms with E-state index in [1.54, 1.807) is 0 Å². The summed E-state index contributed by atoms with van der Waals surface area (Å²) in [5.41, 5.74) is 2.94. The second kappa shape index (κ2) is 6.33. The van der Waals surface area contributed by atoms with Crippen LogP contribution >= 0.6 is 11.6 Å². The van der Waals surface area contributed by atoms with Crippen LogP contribution in [-0.4, -0.2) is 21.9 Å². The highest BCUT2D eigenvalue weighted by atomic mass is 35.5. The van der Waals surface area contributed by atoms with Crippen LogP contribution in [0.15, 0.2) is 42.5 Å². The van der Waals surface area contributed by atoms with Gasteiger partial charge in [-0.15, -0.1) is 0 Å². The molecule has 0 bridgehead atoms. The van der Waals surface area contributed by atoms with E-state index in [4.69, 9.17) is 11.6 Å². The van der Waals surface area contributed by atoms with Crippen LogP contribution in [0.1, 0.15) is 19.8 Å². The Kier molecular flexibility index (Phi) is 4.01. The minimum absolute atomic E-state index is 0.186. The van der Waals surface area contributed by atoms with Gasteiger partial charge in [-0.3, -0.25) is 10.1 Å². The van der Waals surface area contributed by atoms with E-state index < -0.39 is 0 Å². The zero-order valence-corrected chi connectivity index (χ0v) is 14.5. The van der Waals surface area contributed by atoms with Crippen molar-refractivity contribution in [3.8, 4) is 11.1 Å². The monoisotopic (exact) mass is 352 g/mol. The molecule has 0 radical (unpaired) electrons. The Morgan fingerprint density at radius 2 is 1.80 bits per heavy atom. The molecular weight excluding hydrogens is 336 g/mol. The first-order chi connectivity index (χ1) is 12.1. The molecule has 0 unspecified atom stereocenters. The van der Waals surface area contributed by atoms with E-state index in [-0.39, 0.29) is 5.91 Å². The second-order valence-corrected chi connectivity index (χ2v) is 6.67. The summed E-state index contributed by atoms with van der Waals surface area (Å²) in [6.45, 7) is 1.45. The predicted octanol–water partition coefficient (Wildman–Crippen LogP) is 4.48. The van der Waals surface area contributed by atoms with Crippen molar-refractivity contribution in [2.24, 2.45) is 0 Å². The number of amides is 1. The molecule has 6 heteroatoms. The molecule has 1 saturated carbocycles. The standard InChI is InChI=1S/C19H17ClN4O/c1-11(25)21-19-23-17-9-4-13(12-2-5-14(20)6-3-12)10-16(17)18(24-19)22-15-7-8-15/h2-6,9-10,15H,7-8H2,1H3,(H2,21,22,23,24,25). The largest absolute Gasteiger partial charge is 0.367 e. The maximum absolute atomic E-state index is 11.3. The van der Waals surface area contributed by atoms with Crippen LogP contribution in [0.2, 0.25) is 5.02 Å². The number of anilines is 2. The number of hydrogen-bond donors (Lipinski definition) is 2. The lowest BCUT2D eigenvalue weighted by molar-refractivity contribution is -0.114. The summed E-state index contributed by atoms with van der Waals surface area (Å²) in [6, 6.07) is 14.2. The number of rotatable bonds is 4. The van der Waals surface area contributed by atoms with Crippen molar-refractivity contribution in [3.05, 3.63) is 47.5 Å². The number of hydrogen-bond acceptors (Lipinski definition) is 4. The quantitative estimate of drug-likeness (QED) is 0.726. The fraction of sp³-hybridized carbons (Fsp3) is 0.211. The van der Waals surface area contributed by atoms with Gasteiger partial charge in [0.1, 0.15) is 5.82 Å². The zero-order chi connectivity index (χ0) is 17.4. The molecule has 1 aliphatic rings. The average Bonchev–Trinajstić information content (AvgIpc) is 3.39. The molecular formula is C19H17ClN4O. The summed E-state index contributed by atoms with van der Waals surface area (Å²) in [5, 5.41) is 7.75. The number of carbonyl (C=O) groups is 1. The lowest BCUT2D eigenvalue weighted by atomic mass is 10.0. The maximum Gasteiger partial charge on any atom is 0.231 e. The van der Waals surface area contributed by atoms with Gasteiger partial charge in [0.2, 0.25) is 11.9 Å². The summed E-state index contributed by atoms with van der Waals surface area (Å²) < 4.78 is 0. The zero-order valence-electron chi connectivity index (χ0n) is 13.7. The van der Waals surface area contributed by atoms with Gasteiger partial charge < -0.3 is 5.32 Å². The Labute approximate surface area is 150 Å². The van der Waals surface area contributed by atoms with Crippen molar-refractivity contribution in [1.82, 2.24) is 9.97 Å². The first kappa shape index (κ1) is 15.8. The fourth-order valence-electron chi connectivity index (χ4n) is 2.69. The first-order valence-corrected chi connectivity index (χ1v) is 8.58. The van der Waals surface area contributed by atoms with Crippen molar-refractivity contribution in [1.29, 1.82) is 0 Å². The van der Waals surface area contributed by atoms with Crippen LogP contribution in [0, 0.1) is 0 Å². The highest BCUT2D eigenvalue weighted by Gasteiger charge is 2.23. The maximum atomic E-state index is 11.3. The molecule has 1 heterocycles. The molecule has 3 aromatic rings. The van der Waals surface area contributed by atoms with Crippen molar-refractivity contribution < 1.29 is 4.79 Å². The molecule has 2 N–H and O–H groups in total. The van der Waals surface area contributed by atoms with Gasteiger partial charge in [-0.05, 0) is 48.2 Å². The van der Waals surface area contributed by atoms with Gasteiger partial charge in [0, 0.05) is 23.4 Å². The van der Waals surface area contributed by atoms with Gasteiger partial charge in [-0.25, -0.2) is 4.98 Å². The predicted molar refractivity (Wildman–Crippen MR) is 101 cm³/mol. The van der Waals surface area contributed by atoms with E-state index in [9.17, 15) is 4.79 Å². The van der Waals surface area contributed by atoms with Gasteiger partial charge in [-0.1, -0.05) is 29.8 Å². The van der Waals surface area contributed by atoms with Gasteiger partial charge in [0.15, 0.2) is 0 Å². The summed E-state index contributed by atoms with van der Waals surface area (Å²) in [4.78, 5) is 20.3. The van der Waals surface area contributed by atoms with Crippen LogP contribution in [0.5, 0.6) is 0 Å². The third kappa shape index (κ3) is 3.56. The molecule has 1 amide bonds. The van der Waals surface area contributed by atoms with Crippen molar-refractivity contribution in [2.75, 3.05) is 10.6 Å². The molecule has 0 saturated heterocycles. The molecule has 0 atom stereocenters. The van der Waals surface area contributed by atoms with E-state index in [0.717, 1.165) is 40.7 Å². The van der Waals surface area contributed by atoms with Crippen molar-refractivity contribution >= 4 is 40.2 Å². The Morgan fingerprint density at radius 1 is 1.08 bits per heavy atom. The third-order valence-electron chi connectivity index (χ3n) is 4.08. The van der Waals surface area contributed by atoms with Crippen molar-refractivity contribution in [2.45, 2.75) is 25.8 Å². The number of fused-ring (bicyclic) bond motifs is 1. The number of aromatic nitrogens is 2. The highest BCUT2D eigenvalue weighted by Crippen LogP contribution is 2.32. The minimum Gasteiger partial charge on any atom is -0.367 e. The first-order valence-electron chi connectivity index (χ1n) is 8.20. The van der Waals surface area contributed by atoms with E-state index >= 15 is 0 Å². The number of carbonyl (C=O) groups excluding carboxylic acids is 1. The van der Waals surface area contributed by atoms with Crippen LogP contribution < -0.4 is 10.6 Å². The molecule has 4 rings (SSSR count). The van der Waals surface area contributed by atoms with Gasteiger partial charge in [-0.2, -0.15) is 4.98 Å². The molecule has 1 fully saturated rings. The van der Waals surface area contributed by atoms with E-state index in [1.165, 1.54) is 6.92 Å². The number of nitrogens with one attached hydrogen (secondary N) is 2. The van der Waals surface area contributed by atoms with Crippen molar-refractivity contribution in [3.63, 3.8) is 0 Å². The number of nitrogens with zero attached hydrogens (tertiary/aromatic N) is 2. The SMILES string of the molecule is CC(=O)Nc1nc(NC2CC2)c2cc(-c3ccc(Cl)cc3)ccc2n1. The summed E-state index contributed by atoms with van der Waals surface area (Å²) in [5.74, 6) is 0.893. The molecule has 1 aromatic heterocycles. The van der Waals surface area contributed by atoms with Crippen LogP contribution in [0.3, 0.4) is 0 Å². The molecule has 0 aliphatic heterocycles. The van der Waals surface area contributed by atoms with E-state index in [1.807, 2.05) is 36.4 Å². The molecule has 1 aliphatic carbocycles. The normalized spacial score (nSPS) is 13.7. The summed E-state index contributed by atoms with van der Waals surface area (Å²) in [6.07, 6.45) is 2.27. The van der Waals surface area contributed by atoms with Gasteiger partial charge in [0.25, 0.3) is 0 Å². The Hall–Kier alpha value is -2.66. The van der Waals surface area contributed by atoms with E-state index in [0.29, 0.717) is 17.0 Å². The molecule has 5 nitrogen and oxygen atoms in total. The van der Waals surface area contributed by atoms with Crippen LogP contribution in [0.25, 0.3) is 22.0 Å². The topological polar surface area (TPSA) is 66.9 Å². The molecule has 2 aromatic carbocycles. The van der Waals surface area contributed by atoms with Gasteiger partial charge in [0.05, 0.1) is 5.52 Å². The lowest BCUT2D eigenvalue weighted by Crippen LogP contribution is -2.12. The fourth-order valence-corrected chi connectivity index (χ4v) is 2.82. The minimum atomic E-state index is -0.186.